The van der Waals surface area contributed by atoms with Crippen LogP contribution in [0.5, 0.6) is 0 Å². The van der Waals surface area contributed by atoms with Crippen molar-refractivity contribution in [3.05, 3.63) is 45.6 Å². The zero-order chi connectivity index (χ0) is 11.4. The molecule has 0 fully saturated rings. The summed E-state index contributed by atoms with van der Waals surface area (Å²) in [6.07, 6.45) is 2.70. The van der Waals surface area contributed by atoms with Gasteiger partial charge in [-0.05, 0) is 11.4 Å². The van der Waals surface area contributed by atoms with Gasteiger partial charge in [0.15, 0.2) is 0 Å². The highest BCUT2D eigenvalue weighted by Gasteiger charge is 2.07. The van der Waals surface area contributed by atoms with Gasteiger partial charge in [0.05, 0.1) is 18.9 Å². The van der Waals surface area contributed by atoms with Crippen LogP contribution < -0.4 is 5.32 Å². The van der Waals surface area contributed by atoms with E-state index in [1.165, 1.54) is 12.4 Å². The lowest BCUT2D eigenvalue weighted by molar-refractivity contribution is 0.0946. The van der Waals surface area contributed by atoms with Crippen LogP contribution in [0.3, 0.4) is 0 Å². The van der Waals surface area contributed by atoms with Gasteiger partial charge in [0.25, 0.3) is 5.91 Å². The minimum absolute atomic E-state index is 0.252. The van der Waals surface area contributed by atoms with Crippen molar-refractivity contribution in [1.29, 1.82) is 0 Å². The summed E-state index contributed by atoms with van der Waals surface area (Å²) in [6.45, 7) is 0.501. The van der Waals surface area contributed by atoms with E-state index < -0.39 is 0 Å². The topological polar surface area (TPSA) is 54.9 Å². The summed E-state index contributed by atoms with van der Waals surface area (Å²) in [4.78, 5) is 20.4. The Morgan fingerprint density at radius 2 is 2.31 bits per heavy atom. The number of nitrogens with one attached hydrogen (secondary N) is 1. The number of aromatic nitrogens is 2. The third-order valence-corrected chi connectivity index (χ3v) is 2.93. The van der Waals surface area contributed by atoms with Crippen molar-refractivity contribution >= 4 is 28.8 Å². The summed E-state index contributed by atoms with van der Waals surface area (Å²) in [5, 5.41) is 4.98. The molecule has 2 aromatic heterocycles. The molecular formula is C10H8ClN3OS. The summed E-state index contributed by atoms with van der Waals surface area (Å²) in [7, 11) is 0. The molecule has 0 unspecified atom stereocenters. The lowest BCUT2D eigenvalue weighted by atomic mass is 10.4. The lowest BCUT2D eigenvalue weighted by Crippen LogP contribution is -2.23. The fourth-order valence-corrected chi connectivity index (χ4v) is 1.84. The van der Waals surface area contributed by atoms with Crippen LogP contribution in [0, 0.1) is 0 Å². The van der Waals surface area contributed by atoms with Gasteiger partial charge in [0.2, 0.25) is 0 Å². The first-order valence-electron chi connectivity index (χ1n) is 4.54. The number of carbonyl (C=O) groups is 1. The molecule has 4 nitrogen and oxygen atoms in total. The zero-order valence-corrected chi connectivity index (χ0v) is 9.76. The van der Waals surface area contributed by atoms with Crippen molar-refractivity contribution in [3.8, 4) is 0 Å². The fourth-order valence-electron chi connectivity index (χ4n) is 1.10. The molecule has 1 N–H and O–H groups in total. The lowest BCUT2D eigenvalue weighted by Gasteiger charge is -2.02. The Bertz CT molecular complexity index is 469. The molecule has 16 heavy (non-hydrogen) atoms. The van der Waals surface area contributed by atoms with Gasteiger partial charge in [0, 0.05) is 4.88 Å². The van der Waals surface area contributed by atoms with E-state index in [4.69, 9.17) is 11.6 Å². The molecule has 82 valence electrons. The smallest absolute Gasteiger partial charge is 0.271 e. The van der Waals surface area contributed by atoms with E-state index in [0.717, 1.165) is 4.88 Å². The van der Waals surface area contributed by atoms with Gasteiger partial charge in [-0.1, -0.05) is 17.7 Å². The molecule has 0 aliphatic heterocycles. The maximum absolute atomic E-state index is 11.6. The van der Waals surface area contributed by atoms with Gasteiger partial charge in [0.1, 0.15) is 10.8 Å². The average Bonchev–Trinajstić information content (AvgIpc) is 2.80. The molecule has 0 saturated heterocycles. The van der Waals surface area contributed by atoms with Gasteiger partial charge in [-0.2, -0.15) is 0 Å². The van der Waals surface area contributed by atoms with Crippen LogP contribution in [0.1, 0.15) is 15.4 Å². The van der Waals surface area contributed by atoms with Crippen LogP contribution >= 0.6 is 22.9 Å². The Labute approximate surface area is 101 Å². The van der Waals surface area contributed by atoms with E-state index >= 15 is 0 Å². The Morgan fingerprint density at radius 3 is 2.94 bits per heavy atom. The van der Waals surface area contributed by atoms with E-state index in [9.17, 15) is 4.79 Å². The van der Waals surface area contributed by atoms with E-state index in [-0.39, 0.29) is 16.8 Å². The number of halogens is 1. The summed E-state index contributed by atoms with van der Waals surface area (Å²) < 4.78 is 0. The van der Waals surface area contributed by atoms with Gasteiger partial charge >= 0.3 is 0 Å². The molecule has 1 amide bonds. The number of nitrogens with zero attached hydrogens (tertiary/aromatic N) is 2. The molecule has 0 aromatic carbocycles. The Balaban J connectivity index is 1.95. The Hall–Kier alpha value is -1.46. The molecule has 2 heterocycles. The van der Waals surface area contributed by atoms with E-state index in [0.29, 0.717) is 6.54 Å². The maximum atomic E-state index is 11.6. The van der Waals surface area contributed by atoms with Gasteiger partial charge in [-0.15, -0.1) is 11.3 Å². The molecule has 0 atom stereocenters. The van der Waals surface area contributed by atoms with Crippen LogP contribution in [-0.4, -0.2) is 15.9 Å². The average molecular weight is 254 g/mol. The van der Waals surface area contributed by atoms with Crippen molar-refractivity contribution in [1.82, 2.24) is 15.3 Å². The maximum Gasteiger partial charge on any atom is 0.271 e. The normalized spacial score (nSPS) is 10.1. The number of rotatable bonds is 3. The summed E-state index contributed by atoms with van der Waals surface area (Å²) >= 11 is 7.16. The minimum atomic E-state index is -0.252. The number of hydrogen-bond donors (Lipinski definition) is 1. The quantitative estimate of drug-likeness (QED) is 0.912. The molecule has 6 heteroatoms. The molecular weight excluding hydrogens is 246 g/mol. The fraction of sp³-hybridized carbons (Fsp3) is 0.100. The van der Waals surface area contributed by atoms with Gasteiger partial charge < -0.3 is 5.32 Å². The van der Waals surface area contributed by atoms with Crippen molar-refractivity contribution in [2.24, 2.45) is 0 Å². The molecule has 0 aliphatic rings. The third-order valence-electron chi connectivity index (χ3n) is 1.86. The standard InChI is InChI=1S/C10H8ClN3OS/c11-9-6-12-8(5-13-9)10(15)14-4-7-2-1-3-16-7/h1-3,5-6H,4H2,(H,14,15). The first kappa shape index (κ1) is 11.0. The van der Waals surface area contributed by atoms with Gasteiger partial charge in [-0.3, -0.25) is 4.79 Å². The molecule has 0 bridgehead atoms. The second-order valence-electron chi connectivity index (χ2n) is 2.99. The molecule has 0 saturated carbocycles. The first-order valence-corrected chi connectivity index (χ1v) is 5.79. The van der Waals surface area contributed by atoms with E-state index in [1.807, 2.05) is 17.5 Å². The highest BCUT2D eigenvalue weighted by atomic mass is 35.5. The van der Waals surface area contributed by atoms with Crippen LogP contribution in [0.4, 0.5) is 0 Å². The van der Waals surface area contributed by atoms with Crippen LogP contribution in [0.15, 0.2) is 29.9 Å². The summed E-state index contributed by atoms with van der Waals surface area (Å²) in [5.74, 6) is -0.252. The molecule has 0 radical (unpaired) electrons. The zero-order valence-electron chi connectivity index (χ0n) is 8.18. The second-order valence-corrected chi connectivity index (χ2v) is 4.41. The van der Waals surface area contributed by atoms with Crippen molar-refractivity contribution in [2.45, 2.75) is 6.54 Å². The second kappa shape index (κ2) is 5.05. The van der Waals surface area contributed by atoms with Crippen molar-refractivity contribution in [3.63, 3.8) is 0 Å². The Kier molecular flexibility index (Phi) is 3.48. The van der Waals surface area contributed by atoms with Crippen LogP contribution in [-0.2, 0) is 6.54 Å². The van der Waals surface area contributed by atoms with E-state index in [1.54, 1.807) is 11.3 Å². The first-order chi connectivity index (χ1) is 7.75. The van der Waals surface area contributed by atoms with Crippen molar-refractivity contribution in [2.75, 3.05) is 0 Å². The van der Waals surface area contributed by atoms with Crippen LogP contribution in [0.25, 0.3) is 0 Å². The van der Waals surface area contributed by atoms with Crippen molar-refractivity contribution < 1.29 is 4.79 Å². The number of amides is 1. The molecule has 0 spiro atoms. The largest absolute Gasteiger partial charge is 0.346 e. The Morgan fingerprint density at radius 1 is 1.44 bits per heavy atom. The monoisotopic (exact) mass is 253 g/mol. The highest BCUT2D eigenvalue weighted by molar-refractivity contribution is 7.09. The summed E-state index contributed by atoms with van der Waals surface area (Å²) in [6, 6.07) is 3.90. The predicted molar refractivity (Wildman–Crippen MR) is 62.5 cm³/mol. The van der Waals surface area contributed by atoms with Crippen LogP contribution in [0.2, 0.25) is 5.15 Å². The summed E-state index contributed by atoms with van der Waals surface area (Å²) in [5.41, 5.74) is 0.265. The minimum Gasteiger partial charge on any atom is -0.346 e. The third kappa shape index (κ3) is 2.77. The molecule has 2 rings (SSSR count). The number of hydrogen-bond acceptors (Lipinski definition) is 4. The molecule has 2 aromatic rings. The SMILES string of the molecule is O=C(NCc1cccs1)c1cnc(Cl)cn1. The number of thiophene rings is 1. The van der Waals surface area contributed by atoms with Gasteiger partial charge in [-0.25, -0.2) is 9.97 Å². The molecule has 0 aliphatic carbocycles. The highest BCUT2D eigenvalue weighted by Crippen LogP contribution is 2.08. The predicted octanol–water partition coefficient (Wildman–Crippen LogP) is 2.12. The van der Waals surface area contributed by atoms with E-state index in [2.05, 4.69) is 15.3 Å². The number of carbonyl (C=O) groups excluding carboxylic acids is 1.